The van der Waals surface area contributed by atoms with Crippen molar-refractivity contribution in [2.75, 3.05) is 6.54 Å². The summed E-state index contributed by atoms with van der Waals surface area (Å²) in [7, 11) is 0. The lowest BCUT2D eigenvalue weighted by molar-refractivity contribution is -0.138. The maximum Gasteiger partial charge on any atom is 0.323 e. The van der Waals surface area contributed by atoms with E-state index in [-0.39, 0.29) is 24.2 Å². The Balaban J connectivity index is 2.23. The molecular formula is C13H13BrN2O3S2. The first kappa shape index (κ1) is 16.1. The lowest BCUT2D eigenvalue weighted by Crippen LogP contribution is -2.40. The molecule has 2 heterocycles. The normalized spacial score (nSPS) is 10.9. The van der Waals surface area contributed by atoms with Crippen LogP contribution in [0.3, 0.4) is 0 Å². The smallest absolute Gasteiger partial charge is 0.323 e. The van der Waals surface area contributed by atoms with Crippen LogP contribution in [0.5, 0.6) is 0 Å². The zero-order valence-electron chi connectivity index (χ0n) is 11.4. The van der Waals surface area contributed by atoms with E-state index in [0.29, 0.717) is 0 Å². The molecule has 0 unspecified atom stereocenters. The summed E-state index contributed by atoms with van der Waals surface area (Å²) in [5.41, 5.74) is 0.287. The molecule has 2 rings (SSSR count). The minimum absolute atomic E-state index is 0.199. The lowest BCUT2D eigenvalue weighted by Gasteiger charge is -2.23. The Morgan fingerprint density at radius 2 is 2.14 bits per heavy atom. The summed E-state index contributed by atoms with van der Waals surface area (Å²) in [6.07, 6.45) is 0. The minimum Gasteiger partial charge on any atom is -0.480 e. The number of hydrogen-bond donors (Lipinski definition) is 1. The van der Waals surface area contributed by atoms with Crippen molar-refractivity contribution in [1.82, 2.24) is 9.88 Å². The van der Waals surface area contributed by atoms with Crippen molar-refractivity contribution < 1.29 is 14.7 Å². The van der Waals surface area contributed by atoms with Crippen molar-refractivity contribution in [3.63, 3.8) is 0 Å². The second-order valence-corrected chi connectivity index (χ2v) is 7.88. The number of amides is 1. The van der Waals surface area contributed by atoms with Gasteiger partial charge in [-0.15, -0.1) is 22.7 Å². The van der Waals surface area contributed by atoms with Gasteiger partial charge in [-0.2, -0.15) is 0 Å². The summed E-state index contributed by atoms with van der Waals surface area (Å²) in [6.45, 7) is 3.24. The zero-order valence-corrected chi connectivity index (χ0v) is 14.6. The topological polar surface area (TPSA) is 70.5 Å². The fourth-order valence-corrected chi connectivity index (χ4v) is 3.95. The van der Waals surface area contributed by atoms with E-state index in [2.05, 4.69) is 20.9 Å². The molecular weight excluding hydrogens is 376 g/mol. The average molecular weight is 389 g/mol. The number of thiophene rings is 1. The highest BCUT2D eigenvalue weighted by atomic mass is 79.9. The summed E-state index contributed by atoms with van der Waals surface area (Å²) < 4.78 is 0.996. The Hall–Kier alpha value is -1.25. The van der Waals surface area contributed by atoms with Crippen LogP contribution in [0.1, 0.15) is 24.3 Å². The van der Waals surface area contributed by atoms with Gasteiger partial charge in [0, 0.05) is 11.4 Å². The average Bonchev–Trinajstić information content (AvgIpc) is 3.03. The number of rotatable bonds is 5. The minimum atomic E-state index is -1.03. The fourth-order valence-electron chi connectivity index (χ4n) is 1.70. The Bertz CT molecular complexity index is 666. The molecule has 0 aliphatic heterocycles. The van der Waals surface area contributed by atoms with E-state index in [0.717, 1.165) is 13.7 Å². The highest BCUT2D eigenvalue weighted by Crippen LogP contribution is 2.33. The molecule has 0 radical (unpaired) electrons. The number of carbonyl (C=O) groups excluding carboxylic acids is 1. The summed E-state index contributed by atoms with van der Waals surface area (Å²) >= 11 is 6.30. The molecule has 5 nitrogen and oxygen atoms in total. The third-order valence-corrected chi connectivity index (χ3v) is 5.33. The van der Waals surface area contributed by atoms with Crippen LogP contribution in [-0.2, 0) is 4.79 Å². The molecule has 0 aromatic carbocycles. The van der Waals surface area contributed by atoms with Crippen molar-refractivity contribution in [3.8, 4) is 9.88 Å². The summed E-state index contributed by atoms with van der Waals surface area (Å²) in [5.74, 6) is -1.39. The molecule has 0 fully saturated rings. The monoisotopic (exact) mass is 388 g/mol. The highest BCUT2D eigenvalue weighted by molar-refractivity contribution is 9.11. The number of carbonyl (C=O) groups is 2. The SMILES string of the molecule is CC(C)N(CC(=O)O)C(=O)c1csc(-c2ccc(Br)s2)n1. The molecule has 21 heavy (non-hydrogen) atoms. The molecule has 0 aliphatic rings. The maximum atomic E-state index is 12.4. The van der Waals surface area contributed by atoms with Gasteiger partial charge < -0.3 is 10.0 Å². The van der Waals surface area contributed by atoms with Gasteiger partial charge in [0.1, 0.15) is 17.2 Å². The van der Waals surface area contributed by atoms with E-state index in [1.807, 2.05) is 12.1 Å². The van der Waals surface area contributed by atoms with Crippen LogP contribution in [0.2, 0.25) is 0 Å². The number of nitrogens with zero attached hydrogens (tertiary/aromatic N) is 2. The van der Waals surface area contributed by atoms with E-state index in [1.165, 1.54) is 27.6 Å². The maximum absolute atomic E-state index is 12.4. The summed E-state index contributed by atoms with van der Waals surface area (Å²) in [5, 5.41) is 11.3. The third kappa shape index (κ3) is 3.90. The van der Waals surface area contributed by atoms with E-state index >= 15 is 0 Å². The molecule has 0 bridgehead atoms. The Morgan fingerprint density at radius 1 is 1.43 bits per heavy atom. The molecule has 8 heteroatoms. The Kier molecular flexibility index (Phi) is 5.13. The molecule has 1 N–H and O–H groups in total. The van der Waals surface area contributed by atoms with Crippen LogP contribution in [-0.4, -0.2) is 39.5 Å². The molecule has 0 spiro atoms. The first-order valence-electron chi connectivity index (χ1n) is 6.12. The number of hydrogen-bond acceptors (Lipinski definition) is 5. The van der Waals surface area contributed by atoms with Gasteiger partial charge in [0.2, 0.25) is 0 Å². The molecule has 0 atom stereocenters. The van der Waals surface area contributed by atoms with Gasteiger partial charge >= 0.3 is 5.97 Å². The van der Waals surface area contributed by atoms with Crippen LogP contribution in [0, 0.1) is 0 Å². The van der Waals surface area contributed by atoms with E-state index in [9.17, 15) is 9.59 Å². The number of aliphatic carboxylic acids is 1. The van der Waals surface area contributed by atoms with Crippen LogP contribution < -0.4 is 0 Å². The Labute approximate surface area is 138 Å². The van der Waals surface area contributed by atoms with Gasteiger partial charge in [-0.3, -0.25) is 9.59 Å². The number of carboxylic acid groups (broad SMARTS) is 1. The molecule has 0 aliphatic carbocycles. The zero-order chi connectivity index (χ0) is 15.6. The van der Waals surface area contributed by atoms with Crippen molar-refractivity contribution in [2.24, 2.45) is 0 Å². The molecule has 0 saturated heterocycles. The van der Waals surface area contributed by atoms with Crippen LogP contribution in [0.4, 0.5) is 0 Å². The van der Waals surface area contributed by atoms with Gasteiger partial charge in [0.25, 0.3) is 5.91 Å². The highest BCUT2D eigenvalue weighted by Gasteiger charge is 2.23. The molecule has 0 saturated carbocycles. The largest absolute Gasteiger partial charge is 0.480 e. The number of aromatic nitrogens is 1. The number of thiazole rings is 1. The Morgan fingerprint density at radius 3 is 2.67 bits per heavy atom. The first-order valence-corrected chi connectivity index (χ1v) is 8.61. The fraction of sp³-hybridized carbons (Fsp3) is 0.308. The summed E-state index contributed by atoms with van der Waals surface area (Å²) in [4.78, 5) is 29.8. The molecule has 2 aromatic heterocycles. The first-order chi connectivity index (χ1) is 9.88. The van der Waals surface area contributed by atoms with Gasteiger partial charge in [0.05, 0.1) is 8.66 Å². The van der Waals surface area contributed by atoms with Crippen LogP contribution in [0.15, 0.2) is 21.3 Å². The molecule has 2 aromatic rings. The second-order valence-electron chi connectivity index (χ2n) is 4.56. The molecule has 1 amide bonds. The predicted molar refractivity (Wildman–Crippen MR) is 86.9 cm³/mol. The second kappa shape index (κ2) is 6.67. The van der Waals surface area contributed by atoms with Crippen molar-refractivity contribution in [2.45, 2.75) is 19.9 Å². The van der Waals surface area contributed by atoms with E-state index in [1.54, 1.807) is 19.2 Å². The standard InChI is InChI=1S/C13H13BrN2O3S2/c1-7(2)16(5-11(17)18)13(19)8-6-20-12(15-8)9-3-4-10(14)21-9/h3-4,6-7H,5H2,1-2H3,(H,17,18). The summed E-state index contributed by atoms with van der Waals surface area (Å²) in [6, 6.07) is 3.65. The lowest BCUT2D eigenvalue weighted by atomic mass is 10.3. The van der Waals surface area contributed by atoms with Gasteiger partial charge in [-0.05, 0) is 41.9 Å². The van der Waals surface area contributed by atoms with Crippen molar-refractivity contribution >= 4 is 50.5 Å². The third-order valence-electron chi connectivity index (χ3n) is 2.70. The van der Waals surface area contributed by atoms with Crippen molar-refractivity contribution in [1.29, 1.82) is 0 Å². The number of halogens is 1. The number of carboxylic acids is 1. The van der Waals surface area contributed by atoms with E-state index < -0.39 is 5.97 Å². The van der Waals surface area contributed by atoms with Crippen LogP contribution >= 0.6 is 38.6 Å². The van der Waals surface area contributed by atoms with Gasteiger partial charge in [-0.25, -0.2) is 4.98 Å². The molecule has 112 valence electrons. The van der Waals surface area contributed by atoms with Crippen molar-refractivity contribution in [3.05, 3.63) is 27.0 Å². The van der Waals surface area contributed by atoms with Gasteiger partial charge in [-0.1, -0.05) is 0 Å². The van der Waals surface area contributed by atoms with E-state index in [4.69, 9.17) is 5.11 Å². The quantitative estimate of drug-likeness (QED) is 0.849. The predicted octanol–water partition coefficient (Wildman–Crippen LogP) is 3.57. The van der Waals surface area contributed by atoms with Crippen LogP contribution in [0.25, 0.3) is 9.88 Å². The van der Waals surface area contributed by atoms with Gasteiger partial charge in [0.15, 0.2) is 0 Å².